The Morgan fingerprint density at radius 2 is 1.96 bits per heavy atom. The molecule has 0 saturated carbocycles. The maximum absolute atomic E-state index is 12.2. The minimum atomic E-state index is -0.218. The van der Waals surface area contributed by atoms with Gasteiger partial charge in [-0.15, -0.1) is 0 Å². The van der Waals surface area contributed by atoms with Crippen LogP contribution in [0.1, 0.15) is 16.8 Å². The first-order valence-corrected chi connectivity index (χ1v) is 7.88. The number of carbonyl (C=O) groups excluding carboxylic acids is 1. The Bertz CT molecular complexity index is 589. The van der Waals surface area contributed by atoms with Crippen molar-refractivity contribution in [2.45, 2.75) is 6.42 Å². The van der Waals surface area contributed by atoms with E-state index in [2.05, 4.69) is 16.3 Å². The average Bonchev–Trinajstić information content (AvgIpc) is 2.60. The van der Waals surface area contributed by atoms with Crippen LogP contribution in [0.5, 0.6) is 5.75 Å². The monoisotopic (exact) mass is 332 g/mol. The molecule has 6 nitrogen and oxygen atoms in total. The fraction of sp³-hybridized carbons (Fsp3) is 0.438. The van der Waals surface area contributed by atoms with Gasteiger partial charge >= 0.3 is 0 Å². The van der Waals surface area contributed by atoms with Crippen LogP contribution in [0.3, 0.4) is 0 Å². The van der Waals surface area contributed by atoms with Crippen molar-refractivity contribution in [3.05, 3.63) is 29.8 Å². The second kappa shape index (κ2) is 8.46. The molecule has 0 atom stereocenters. The third-order valence-corrected chi connectivity index (χ3v) is 4.13. The fourth-order valence-electron chi connectivity index (χ4n) is 2.37. The predicted molar refractivity (Wildman–Crippen MR) is 91.3 cm³/mol. The van der Waals surface area contributed by atoms with Crippen LogP contribution in [0.4, 0.5) is 0 Å². The highest BCUT2D eigenvalue weighted by Gasteiger charge is 2.20. The molecule has 1 heterocycles. The van der Waals surface area contributed by atoms with Gasteiger partial charge < -0.3 is 9.64 Å². The van der Waals surface area contributed by atoms with Gasteiger partial charge in [-0.1, -0.05) is 0 Å². The van der Waals surface area contributed by atoms with E-state index in [1.165, 1.54) is 0 Å². The van der Waals surface area contributed by atoms with Gasteiger partial charge in [-0.3, -0.25) is 15.0 Å². The minimum absolute atomic E-state index is 0.218. The van der Waals surface area contributed by atoms with Crippen LogP contribution in [0.15, 0.2) is 24.3 Å². The van der Waals surface area contributed by atoms with Crippen LogP contribution < -0.4 is 10.1 Å². The van der Waals surface area contributed by atoms with E-state index >= 15 is 0 Å². The first-order chi connectivity index (χ1) is 11.1. The van der Waals surface area contributed by atoms with E-state index in [4.69, 9.17) is 22.2 Å². The summed E-state index contributed by atoms with van der Waals surface area (Å²) in [7, 11) is 1.58. The highest BCUT2D eigenvalue weighted by Crippen LogP contribution is 2.11. The molecule has 0 unspecified atom stereocenters. The van der Waals surface area contributed by atoms with Crippen LogP contribution in [0.2, 0.25) is 0 Å². The Morgan fingerprint density at radius 3 is 2.52 bits per heavy atom. The summed E-state index contributed by atoms with van der Waals surface area (Å²) >= 11 is 5.32. The molecule has 2 rings (SSSR count). The van der Waals surface area contributed by atoms with Crippen molar-refractivity contribution in [2.24, 2.45) is 0 Å². The van der Waals surface area contributed by atoms with Gasteiger partial charge in [0.2, 0.25) is 0 Å². The SMILES string of the molecule is COc1ccc(C(=O)NC(=S)N2CCN(CCC#N)CC2)cc1. The lowest BCUT2D eigenvalue weighted by Gasteiger charge is -2.35. The van der Waals surface area contributed by atoms with Crippen molar-refractivity contribution < 1.29 is 9.53 Å². The first-order valence-electron chi connectivity index (χ1n) is 7.47. The molecule has 1 fully saturated rings. The Balaban J connectivity index is 1.82. The average molecular weight is 332 g/mol. The van der Waals surface area contributed by atoms with Crippen LogP contribution in [-0.2, 0) is 0 Å². The molecule has 1 amide bonds. The predicted octanol–water partition coefficient (Wildman–Crippen LogP) is 1.24. The number of ether oxygens (including phenoxy) is 1. The molecule has 1 aromatic carbocycles. The number of thiocarbonyl (C=S) groups is 1. The van der Waals surface area contributed by atoms with Gasteiger partial charge in [-0.05, 0) is 36.5 Å². The molecular formula is C16H20N4O2S. The van der Waals surface area contributed by atoms with Crippen LogP contribution >= 0.6 is 12.2 Å². The first kappa shape index (κ1) is 17.2. The number of amides is 1. The molecule has 0 radical (unpaired) electrons. The largest absolute Gasteiger partial charge is 0.497 e. The highest BCUT2D eigenvalue weighted by molar-refractivity contribution is 7.80. The summed E-state index contributed by atoms with van der Waals surface area (Å²) in [6, 6.07) is 9.05. The summed E-state index contributed by atoms with van der Waals surface area (Å²) in [5.41, 5.74) is 0.542. The molecule has 1 aliphatic heterocycles. The van der Waals surface area contributed by atoms with E-state index in [1.807, 2.05) is 4.90 Å². The number of hydrogen-bond donors (Lipinski definition) is 1. The summed E-state index contributed by atoms with van der Waals surface area (Å²) < 4.78 is 5.07. The highest BCUT2D eigenvalue weighted by atomic mass is 32.1. The van der Waals surface area contributed by atoms with Gasteiger partial charge in [0.25, 0.3) is 5.91 Å². The lowest BCUT2D eigenvalue weighted by molar-refractivity contribution is 0.0969. The van der Waals surface area contributed by atoms with E-state index in [1.54, 1.807) is 31.4 Å². The molecule has 0 aromatic heterocycles. The van der Waals surface area contributed by atoms with Gasteiger partial charge in [0.15, 0.2) is 5.11 Å². The third-order valence-electron chi connectivity index (χ3n) is 3.77. The molecule has 1 aliphatic rings. The second-order valence-corrected chi connectivity index (χ2v) is 5.61. The van der Waals surface area contributed by atoms with Crippen molar-refractivity contribution in [1.29, 1.82) is 5.26 Å². The number of nitrogens with zero attached hydrogens (tertiary/aromatic N) is 3. The number of hydrogen-bond acceptors (Lipinski definition) is 5. The summed E-state index contributed by atoms with van der Waals surface area (Å²) in [5.74, 6) is 0.488. The topological polar surface area (TPSA) is 68.6 Å². The zero-order valence-corrected chi connectivity index (χ0v) is 13.9. The maximum atomic E-state index is 12.2. The number of nitriles is 1. The number of rotatable bonds is 4. The number of methoxy groups -OCH3 is 1. The lowest BCUT2D eigenvalue weighted by atomic mass is 10.2. The third kappa shape index (κ3) is 4.91. The Labute approximate surface area is 141 Å². The van der Waals surface area contributed by atoms with Crippen molar-refractivity contribution >= 4 is 23.2 Å². The van der Waals surface area contributed by atoms with E-state index in [0.717, 1.165) is 32.7 Å². The number of piperazine rings is 1. The number of carbonyl (C=O) groups is 1. The van der Waals surface area contributed by atoms with Crippen LogP contribution in [0, 0.1) is 11.3 Å². The van der Waals surface area contributed by atoms with E-state index in [-0.39, 0.29) is 5.91 Å². The van der Waals surface area contributed by atoms with Crippen molar-refractivity contribution in [1.82, 2.24) is 15.1 Å². The summed E-state index contributed by atoms with van der Waals surface area (Å²) in [6.07, 6.45) is 0.540. The van der Waals surface area contributed by atoms with Gasteiger partial charge in [0, 0.05) is 44.7 Å². The van der Waals surface area contributed by atoms with E-state index in [0.29, 0.717) is 22.8 Å². The van der Waals surface area contributed by atoms with Crippen molar-refractivity contribution in [3.8, 4) is 11.8 Å². The minimum Gasteiger partial charge on any atom is -0.497 e. The molecular weight excluding hydrogens is 312 g/mol. The Morgan fingerprint density at radius 1 is 1.30 bits per heavy atom. The zero-order chi connectivity index (χ0) is 16.7. The van der Waals surface area contributed by atoms with E-state index in [9.17, 15) is 4.79 Å². The van der Waals surface area contributed by atoms with Gasteiger partial charge in [0.05, 0.1) is 13.2 Å². The number of benzene rings is 1. The lowest BCUT2D eigenvalue weighted by Crippen LogP contribution is -2.52. The number of nitrogens with one attached hydrogen (secondary N) is 1. The molecule has 0 bridgehead atoms. The van der Waals surface area contributed by atoms with Crippen LogP contribution in [-0.4, -0.2) is 60.7 Å². The van der Waals surface area contributed by atoms with Crippen molar-refractivity contribution in [2.75, 3.05) is 39.8 Å². The standard InChI is InChI=1S/C16H20N4O2S/c1-22-14-5-3-13(4-6-14)15(21)18-16(23)20-11-9-19(10-12-20)8-2-7-17/h3-6H,2,8-12H2,1H3,(H,18,21,23). The normalized spacial score (nSPS) is 14.9. The molecule has 7 heteroatoms. The summed E-state index contributed by atoms with van der Waals surface area (Å²) in [6.45, 7) is 4.00. The molecule has 0 spiro atoms. The summed E-state index contributed by atoms with van der Waals surface area (Å²) in [5, 5.41) is 11.8. The summed E-state index contributed by atoms with van der Waals surface area (Å²) in [4.78, 5) is 16.4. The maximum Gasteiger partial charge on any atom is 0.257 e. The molecule has 0 aliphatic carbocycles. The van der Waals surface area contributed by atoms with Gasteiger partial charge in [-0.25, -0.2) is 0 Å². The zero-order valence-electron chi connectivity index (χ0n) is 13.1. The smallest absolute Gasteiger partial charge is 0.257 e. The Kier molecular flexibility index (Phi) is 6.32. The fourth-order valence-corrected chi connectivity index (χ4v) is 2.65. The van der Waals surface area contributed by atoms with Gasteiger partial charge in [-0.2, -0.15) is 5.26 Å². The quantitative estimate of drug-likeness (QED) is 0.837. The molecule has 122 valence electrons. The molecule has 1 saturated heterocycles. The second-order valence-electron chi connectivity index (χ2n) is 5.22. The molecule has 23 heavy (non-hydrogen) atoms. The Hall–Kier alpha value is -2.17. The molecule has 1 aromatic rings. The van der Waals surface area contributed by atoms with Crippen LogP contribution in [0.25, 0.3) is 0 Å². The molecule has 1 N–H and O–H groups in total. The van der Waals surface area contributed by atoms with Crippen molar-refractivity contribution in [3.63, 3.8) is 0 Å². The van der Waals surface area contributed by atoms with E-state index < -0.39 is 0 Å². The van der Waals surface area contributed by atoms with Gasteiger partial charge in [0.1, 0.15) is 5.75 Å².